The first-order chi connectivity index (χ1) is 21.7. The van der Waals surface area contributed by atoms with Crippen molar-refractivity contribution in [2.75, 3.05) is 0 Å². The number of imidazole rings is 1. The summed E-state index contributed by atoms with van der Waals surface area (Å²) in [6.45, 7) is 11.4. The highest BCUT2D eigenvalue weighted by Gasteiger charge is 2.32. The third-order valence-electron chi connectivity index (χ3n) is 7.92. The first-order valence-corrected chi connectivity index (χ1v) is 15.8. The minimum Gasteiger partial charge on any atom is -0.459 e. The summed E-state index contributed by atoms with van der Waals surface area (Å²) in [5, 5.41) is 9.95. The van der Waals surface area contributed by atoms with Crippen LogP contribution in [0.2, 0.25) is 0 Å². The minimum atomic E-state index is -1.06. The molecule has 0 amide bonds. The Kier molecular flexibility index (Phi) is 9.62. The number of nitrogens with two attached hydrogens (primary N) is 1. The van der Waals surface area contributed by atoms with Crippen molar-refractivity contribution in [3.63, 3.8) is 0 Å². The highest BCUT2D eigenvalue weighted by Crippen LogP contribution is 2.36. The van der Waals surface area contributed by atoms with Crippen molar-refractivity contribution >= 4 is 23.1 Å². The molecule has 244 valence electrons. The van der Waals surface area contributed by atoms with E-state index >= 15 is 0 Å². The number of ether oxygens (including phenoxy) is 2. The average molecular weight is 628 g/mol. The van der Waals surface area contributed by atoms with Crippen LogP contribution in [0.5, 0.6) is 0 Å². The van der Waals surface area contributed by atoms with Crippen LogP contribution in [0.25, 0.3) is 11.0 Å². The lowest BCUT2D eigenvalue weighted by Crippen LogP contribution is -2.35. The summed E-state index contributed by atoms with van der Waals surface area (Å²) in [4.78, 5) is 38.8. The molecule has 0 saturated carbocycles. The van der Waals surface area contributed by atoms with Gasteiger partial charge in [-0.25, -0.2) is 19.1 Å². The van der Waals surface area contributed by atoms with E-state index in [0.717, 1.165) is 30.5 Å². The van der Waals surface area contributed by atoms with E-state index in [1.54, 1.807) is 31.4 Å². The standard InChI is InChI=1S/C36H45N5O5/c1-35(2,3)45-33(43)31(37)26-19-23(22-42)16-17-25(26)20-40(29-15-9-11-24-12-10-18-38-32(24)29)21-30-39-27-13-7-8-14-28(27)41(30)34(44)46-36(4,5)6/h7-8,10,12-14,16-19,29,31,42H,9,11,15,20-22,37H2,1-6H3. The number of rotatable bonds is 8. The predicted molar refractivity (Wildman–Crippen MR) is 176 cm³/mol. The van der Waals surface area contributed by atoms with E-state index in [2.05, 4.69) is 11.0 Å². The lowest BCUT2D eigenvalue weighted by atomic mass is 9.90. The molecule has 0 aliphatic heterocycles. The van der Waals surface area contributed by atoms with Gasteiger partial charge < -0.3 is 20.3 Å². The largest absolute Gasteiger partial charge is 0.459 e. The maximum absolute atomic E-state index is 13.7. The van der Waals surface area contributed by atoms with Gasteiger partial charge >= 0.3 is 12.1 Å². The van der Waals surface area contributed by atoms with Crippen LogP contribution >= 0.6 is 0 Å². The Morgan fingerprint density at radius 1 is 1.02 bits per heavy atom. The summed E-state index contributed by atoms with van der Waals surface area (Å²) >= 11 is 0. The molecular weight excluding hydrogens is 582 g/mol. The summed E-state index contributed by atoms with van der Waals surface area (Å²) in [5.74, 6) is -0.0183. The van der Waals surface area contributed by atoms with E-state index in [-0.39, 0.29) is 19.2 Å². The van der Waals surface area contributed by atoms with E-state index in [4.69, 9.17) is 25.2 Å². The monoisotopic (exact) mass is 627 g/mol. The maximum atomic E-state index is 13.7. The molecule has 3 N–H and O–H groups in total. The summed E-state index contributed by atoms with van der Waals surface area (Å²) in [6.07, 6.45) is 4.06. The van der Waals surface area contributed by atoms with Crippen molar-refractivity contribution in [1.82, 2.24) is 19.4 Å². The van der Waals surface area contributed by atoms with Gasteiger partial charge in [0.15, 0.2) is 0 Å². The topological polar surface area (TPSA) is 133 Å². The van der Waals surface area contributed by atoms with E-state index in [1.165, 1.54) is 5.56 Å². The predicted octanol–water partition coefficient (Wildman–Crippen LogP) is 6.13. The number of hydrogen-bond acceptors (Lipinski definition) is 9. The van der Waals surface area contributed by atoms with Crippen molar-refractivity contribution in [2.45, 2.75) is 104 Å². The molecule has 1 aliphatic carbocycles. The van der Waals surface area contributed by atoms with Gasteiger partial charge in [0.25, 0.3) is 0 Å². The number of aliphatic hydroxyl groups excluding tert-OH is 1. The number of para-hydroxylation sites is 2. The van der Waals surface area contributed by atoms with Gasteiger partial charge in [0, 0.05) is 12.7 Å². The number of pyridine rings is 1. The molecule has 0 saturated heterocycles. The summed E-state index contributed by atoms with van der Waals surface area (Å²) in [6, 6.07) is 15.9. The molecule has 2 unspecified atom stereocenters. The molecule has 2 aromatic carbocycles. The zero-order valence-corrected chi connectivity index (χ0v) is 27.6. The van der Waals surface area contributed by atoms with E-state index in [9.17, 15) is 14.7 Å². The molecule has 0 fully saturated rings. The summed E-state index contributed by atoms with van der Waals surface area (Å²) in [5.41, 5.74) is 10.7. The Morgan fingerprint density at radius 2 is 1.76 bits per heavy atom. The number of benzene rings is 2. The van der Waals surface area contributed by atoms with Crippen LogP contribution in [0.15, 0.2) is 60.8 Å². The molecule has 5 rings (SSSR count). The normalized spacial score (nSPS) is 15.9. The number of aryl methyl sites for hydroxylation is 1. The first kappa shape index (κ1) is 33.2. The quantitative estimate of drug-likeness (QED) is 0.221. The minimum absolute atomic E-state index is 0.0973. The fourth-order valence-electron chi connectivity index (χ4n) is 5.98. The highest BCUT2D eigenvalue weighted by molar-refractivity contribution is 5.87. The number of carbonyl (C=O) groups excluding carboxylic acids is 2. The van der Waals surface area contributed by atoms with Crippen molar-refractivity contribution in [3.8, 4) is 0 Å². The molecule has 4 aromatic rings. The van der Waals surface area contributed by atoms with Crippen molar-refractivity contribution in [2.24, 2.45) is 5.73 Å². The number of aromatic nitrogens is 3. The first-order valence-electron chi connectivity index (χ1n) is 15.8. The number of fused-ring (bicyclic) bond motifs is 2. The van der Waals surface area contributed by atoms with Crippen LogP contribution < -0.4 is 5.73 Å². The number of carbonyl (C=O) groups is 2. The summed E-state index contributed by atoms with van der Waals surface area (Å²) in [7, 11) is 0. The number of aliphatic hydroxyl groups is 1. The van der Waals surface area contributed by atoms with Gasteiger partial charge in [-0.1, -0.05) is 36.4 Å². The number of esters is 1. The Labute approximate surface area is 270 Å². The van der Waals surface area contributed by atoms with Crippen molar-refractivity contribution in [3.05, 3.63) is 94.6 Å². The zero-order chi connectivity index (χ0) is 33.2. The fourth-order valence-corrected chi connectivity index (χ4v) is 5.98. The average Bonchev–Trinajstić information content (AvgIpc) is 3.36. The molecule has 46 heavy (non-hydrogen) atoms. The van der Waals surface area contributed by atoms with E-state index in [0.29, 0.717) is 34.5 Å². The molecule has 0 spiro atoms. The Balaban J connectivity index is 1.61. The second kappa shape index (κ2) is 13.3. The Hall–Kier alpha value is -4.12. The van der Waals surface area contributed by atoms with Gasteiger partial charge in [-0.2, -0.15) is 0 Å². The highest BCUT2D eigenvalue weighted by atomic mass is 16.6. The maximum Gasteiger partial charge on any atom is 0.420 e. The van der Waals surface area contributed by atoms with Crippen LogP contribution in [0.4, 0.5) is 4.79 Å². The van der Waals surface area contributed by atoms with Crippen LogP contribution in [-0.2, 0) is 40.4 Å². The van der Waals surface area contributed by atoms with Crippen molar-refractivity contribution in [1.29, 1.82) is 0 Å². The van der Waals surface area contributed by atoms with Crippen LogP contribution in [0.1, 0.15) is 100 Å². The number of nitrogens with zero attached hydrogens (tertiary/aromatic N) is 4. The van der Waals surface area contributed by atoms with Crippen LogP contribution in [-0.4, -0.2) is 47.8 Å². The molecule has 0 bridgehead atoms. The Morgan fingerprint density at radius 3 is 2.48 bits per heavy atom. The molecule has 1 aliphatic rings. The molecule has 2 aromatic heterocycles. The van der Waals surface area contributed by atoms with Gasteiger partial charge in [0.05, 0.1) is 35.9 Å². The van der Waals surface area contributed by atoms with Gasteiger partial charge in [0.2, 0.25) is 0 Å². The van der Waals surface area contributed by atoms with E-state index in [1.807, 2.05) is 69.4 Å². The SMILES string of the molecule is CC(C)(C)OC(=O)C(N)c1cc(CO)ccc1CN(Cc1nc2ccccc2n1C(=O)OC(C)(C)C)C1CCCc2cccnc21. The zero-order valence-electron chi connectivity index (χ0n) is 27.6. The van der Waals surface area contributed by atoms with Gasteiger partial charge in [0.1, 0.15) is 23.1 Å². The van der Waals surface area contributed by atoms with Gasteiger partial charge in [-0.05, 0) is 101 Å². The molecular formula is C36H45N5O5. The number of hydrogen-bond donors (Lipinski definition) is 2. The Bertz CT molecular complexity index is 1720. The molecule has 0 radical (unpaired) electrons. The second-order valence-corrected chi connectivity index (χ2v) is 13.9. The summed E-state index contributed by atoms with van der Waals surface area (Å²) < 4.78 is 13.0. The third-order valence-corrected chi connectivity index (χ3v) is 7.92. The van der Waals surface area contributed by atoms with E-state index < -0.39 is 29.3 Å². The van der Waals surface area contributed by atoms with Gasteiger partial charge in [-0.15, -0.1) is 0 Å². The molecule has 2 atom stereocenters. The van der Waals surface area contributed by atoms with Gasteiger partial charge in [-0.3, -0.25) is 9.88 Å². The third kappa shape index (κ3) is 7.63. The van der Waals surface area contributed by atoms with Crippen molar-refractivity contribution < 1.29 is 24.2 Å². The smallest absolute Gasteiger partial charge is 0.420 e. The van der Waals surface area contributed by atoms with Crippen LogP contribution in [0, 0.1) is 0 Å². The molecule has 10 heteroatoms. The van der Waals surface area contributed by atoms with Crippen LogP contribution in [0.3, 0.4) is 0 Å². The lowest BCUT2D eigenvalue weighted by Gasteiger charge is -2.35. The molecule has 10 nitrogen and oxygen atoms in total. The fraction of sp³-hybridized carbons (Fsp3) is 0.444. The second-order valence-electron chi connectivity index (χ2n) is 13.9. The lowest BCUT2D eigenvalue weighted by molar-refractivity contribution is -0.156. The molecule has 2 heterocycles.